The van der Waals surface area contributed by atoms with Crippen molar-refractivity contribution < 1.29 is 23.8 Å². The highest BCUT2D eigenvalue weighted by atomic mass is 16.5. The maximum Gasteiger partial charge on any atom is 0.320 e. The fourth-order valence-corrected chi connectivity index (χ4v) is 6.37. The van der Waals surface area contributed by atoms with Gasteiger partial charge in [-0.1, -0.05) is 6.92 Å². The van der Waals surface area contributed by atoms with Gasteiger partial charge in [0.2, 0.25) is 5.91 Å². The van der Waals surface area contributed by atoms with Gasteiger partial charge >= 0.3 is 5.97 Å². The summed E-state index contributed by atoms with van der Waals surface area (Å²) in [6, 6.07) is 16.2. The molecule has 1 amide bonds. The summed E-state index contributed by atoms with van der Waals surface area (Å²) in [4.78, 5) is 34.7. The number of ether oxygens (including phenoxy) is 1. The number of carboxylic acids is 1. The number of anilines is 2. The molecule has 0 bridgehead atoms. The summed E-state index contributed by atoms with van der Waals surface area (Å²) in [6.07, 6.45) is 3.21. The van der Waals surface area contributed by atoms with Crippen molar-refractivity contribution in [3.63, 3.8) is 0 Å². The van der Waals surface area contributed by atoms with E-state index in [9.17, 15) is 14.7 Å². The summed E-state index contributed by atoms with van der Waals surface area (Å²) in [7, 11) is 9.35. The fraction of sp³-hybridized carbons (Fsp3) is 0.462. The zero-order valence-electron chi connectivity index (χ0n) is 30.4. The topological polar surface area (TPSA) is 111 Å². The summed E-state index contributed by atoms with van der Waals surface area (Å²) >= 11 is 0. The number of aryl methyl sites for hydroxylation is 1. The molecule has 2 aliphatic rings. The van der Waals surface area contributed by atoms with E-state index in [0.29, 0.717) is 32.4 Å². The van der Waals surface area contributed by atoms with Crippen molar-refractivity contribution in [2.45, 2.75) is 58.9 Å². The number of nitrogens with one attached hydrogen (secondary N) is 1. The van der Waals surface area contributed by atoms with Gasteiger partial charge in [-0.05, 0) is 89.0 Å². The molecule has 2 aromatic carbocycles. The number of nitrogens with zero attached hydrogens (tertiary/aromatic N) is 4. The zero-order valence-corrected chi connectivity index (χ0v) is 30.4. The van der Waals surface area contributed by atoms with Gasteiger partial charge in [-0.25, -0.2) is 0 Å². The van der Waals surface area contributed by atoms with Crippen LogP contribution in [0.15, 0.2) is 57.9 Å². The number of aliphatic carboxylic acids is 1. The molecule has 1 atom stereocenters. The summed E-state index contributed by atoms with van der Waals surface area (Å²) in [5.41, 5.74) is 7.04. The first-order valence-corrected chi connectivity index (χ1v) is 17.3. The molecule has 0 saturated heterocycles. The zero-order chi connectivity index (χ0) is 35.7. The Morgan fingerprint density at radius 2 is 1.76 bits per heavy atom. The maximum absolute atomic E-state index is 12.6. The number of methoxy groups -OCH3 is 1. The van der Waals surface area contributed by atoms with Crippen molar-refractivity contribution >= 4 is 34.2 Å². The fourth-order valence-electron chi connectivity index (χ4n) is 6.37. The number of amides is 1. The molecule has 264 valence electrons. The highest BCUT2D eigenvalue weighted by Gasteiger charge is 2.23. The van der Waals surface area contributed by atoms with Gasteiger partial charge < -0.3 is 29.4 Å². The van der Waals surface area contributed by atoms with Gasteiger partial charge in [0.1, 0.15) is 23.1 Å². The van der Waals surface area contributed by atoms with E-state index in [-0.39, 0.29) is 5.91 Å². The predicted octanol–water partition coefficient (Wildman–Crippen LogP) is 6.42. The first-order chi connectivity index (χ1) is 23.5. The molecule has 1 aliphatic carbocycles. The molecule has 0 radical (unpaired) electrons. The van der Waals surface area contributed by atoms with Gasteiger partial charge in [0.05, 0.1) is 12.5 Å². The Kier molecular flexibility index (Phi) is 13.1. The lowest BCUT2D eigenvalue weighted by molar-refractivity contribution is -0.143. The highest BCUT2D eigenvalue weighted by molar-refractivity contribution is 6.04. The second kappa shape index (κ2) is 17.2. The molecule has 1 aliphatic heterocycles. The SMILES string of the molecule is CCN(CCCC(=O)NCCCCC(C(=O)O)N(C)CC)c1cc(OC)c(-c2c3ccc(=NC)cc-3oc3cc(N(C)C)ccc23)cc1C. The lowest BCUT2D eigenvalue weighted by Crippen LogP contribution is -2.38. The van der Waals surface area contributed by atoms with Crippen molar-refractivity contribution in [3.8, 4) is 28.2 Å². The Hall–Kier alpha value is -4.57. The highest BCUT2D eigenvalue weighted by Crippen LogP contribution is 2.45. The molecule has 49 heavy (non-hydrogen) atoms. The average Bonchev–Trinajstić information content (AvgIpc) is 3.09. The minimum absolute atomic E-state index is 0.0193. The van der Waals surface area contributed by atoms with Crippen molar-refractivity contribution in [1.29, 1.82) is 0 Å². The second-order valence-electron chi connectivity index (χ2n) is 12.8. The van der Waals surface area contributed by atoms with E-state index in [1.807, 2.05) is 45.1 Å². The largest absolute Gasteiger partial charge is 0.496 e. The van der Waals surface area contributed by atoms with Crippen molar-refractivity contribution in [2.75, 3.05) is 71.3 Å². The van der Waals surface area contributed by atoms with Crippen LogP contribution in [-0.4, -0.2) is 89.4 Å². The van der Waals surface area contributed by atoms with Gasteiger partial charge in [-0.2, -0.15) is 0 Å². The molecule has 1 unspecified atom stereocenters. The third kappa shape index (κ3) is 8.92. The Bertz CT molecular complexity index is 1780. The summed E-state index contributed by atoms with van der Waals surface area (Å²) in [5, 5.41) is 14.3. The molecule has 4 rings (SSSR count). The second-order valence-corrected chi connectivity index (χ2v) is 12.8. The molecule has 2 aromatic rings. The third-order valence-electron chi connectivity index (χ3n) is 9.35. The Labute approximate surface area is 290 Å². The minimum atomic E-state index is -0.796. The van der Waals surface area contributed by atoms with Gasteiger partial charge in [-0.15, -0.1) is 0 Å². The van der Waals surface area contributed by atoms with E-state index in [2.05, 4.69) is 70.4 Å². The van der Waals surface area contributed by atoms with E-state index in [1.165, 1.54) is 0 Å². The summed E-state index contributed by atoms with van der Waals surface area (Å²) < 4.78 is 12.5. The lowest BCUT2D eigenvalue weighted by atomic mass is 9.91. The van der Waals surface area contributed by atoms with Crippen LogP contribution in [0.5, 0.6) is 5.75 Å². The van der Waals surface area contributed by atoms with Crippen molar-refractivity contribution in [2.24, 2.45) is 4.99 Å². The monoisotopic (exact) mass is 671 g/mol. The number of benzene rings is 3. The van der Waals surface area contributed by atoms with Gasteiger partial charge in [0, 0.05) is 98.8 Å². The minimum Gasteiger partial charge on any atom is -0.496 e. The first-order valence-electron chi connectivity index (χ1n) is 17.3. The van der Waals surface area contributed by atoms with E-state index >= 15 is 0 Å². The lowest BCUT2D eigenvalue weighted by Gasteiger charge is -2.27. The quantitative estimate of drug-likeness (QED) is 0.0979. The Balaban J connectivity index is 1.50. The molecule has 2 N–H and O–H groups in total. The van der Waals surface area contributed by atoms with E-state index in [4.69, 9.17) is 9.15 Å². The number of carbonyl (C=O) groups is 2. The van der Waals surface area contributed by atoms with Crippen LogP contribution in [0.1, 0.15) is 51.5 Å². The van der Waals surface area contributed by atoms with Crippen molar-refractivity contribution in [1.82, 2.24) is 10.2 Å². The van der Waals surface area contributed by atoms with Crippen molar-refractivity contribution in [3.05, 3.63) is 59.5 Å². The van der Waals surface area contributed by atoms with Crippen LogP contribution >= 0.6 is 0 Å². The number of rotatable bonds is 17. The molecule has 0 aromatic heterocycles. The van der Waals surface area contributed by atoms with Gasteiger partial charge in [0.15, 0.2) is 0 Å². The molecule has 0 saturated carbocycles. The van der Waals surface area contributed by atoms with E-state index in [1.54, 1.807) is 14.2 Å². The van der Waals surface area contributed by atoms with Crippen LogP contribution in [0, 0.1) is 6.92 Å². The smallest absolute Gasteiger partial charge is 0.320 e. The average molecular weight is 672 g/mol. The van der Waals surface area contributed by atoms with Gasteiger partial charge in [-0.3, -0.25) is 19.5 Å². The van der Waals surface area contributed by atoms with Crippen LogP contribution in [0.2, 0.25) is 0 Å². The maximum atomic E-state index is 12.6. The van der Waals surface area contributed by atoms with Crippen LogP contribution < -0.4 is 25.2 Å². The number of likely N-dealkylation sites (N-methyl/N-ethyl adjacent to an activating group) is 1. The third-order valence-corrected chi connectivity index (χ3v) is 9.35. The number of carbonyl (C=O) groups excluding carboxylic acids is 1. The number of hydrogen-bond donors (Lipinski definition) is 2. The predicted molar refractivity (Wildman–Crippen MR) is 199 cm³/mol. The van der Waals surface area contributed by atoms with Gasteiger partial charge in [0.25, 0.3) is 0 Å². The van der Waals surface area contributed by atoms with Crippen LogP contribution in [-0.2, 0) is 9.59 Å². The van der Waals surface area contributed by atoms with E-state index in [0.717, 1.165) is 87.4 Å². The first kappa shape index (κ1) is 37.3. The van der Waals surface area contributed by atoms with E-state index < -0.39 is 12.0 Å². The number of unbranched alkanes of at least 4 members (excludes halogenated alkanes) is 1. The summed E-state index contributed by atoms with van der Waals surface area (Å²) in [5.74, 6) is 0.746. The normalized spacial score (nSPS) is 12.5. The van der Waals surface area contributed by atoms with Crippen LogP contribution in [0.25, 0.3) is 33.4 Å². The molecule has 1 heterocycles. The number of fused-ring (bicyclic) bond motifs is 2. The molecule has 10 nitrogen and oxygen atoms in total. The summed E-state index contributed by atoms with van der Waals surface area (Å²) in [6.45, 7) is 8.95. The number of hydrogen-bond acceptors (Lipinski definition) is 8. The molecular formula is C39H53N5O5. The van der Waals surface area contributed by atoms with Crippen LogP contribution in [0.3, 0.4) is 0 Å². The van der Waals surface area contributed by atoms with Crippen LogP contribution in [0.4, 0.5) is 11.4 Å². The Morgan fingerprint density at radius 3 is 2.41 bits per heavy atom. The standard InChI is InChI=1S/C39H53N5O5/c1-9-43(7)32(39(46)47)14-11-12-20-41-37(45)15-13-21-44(10-2)33-25-34(48-8)31(22-26(33)3)38-29-18-16-27(40-4)23-35(29)49-36-24-28(42(5)6)17-19-30(36)38/h16-19,22-25,32H,9-15,20-21H2,1-8H3,(H,41,45)(H,46,47). The Morgan fingerprint density at radius 1 is 0.980 bits per heavy atom. The molecule has 0 spiro atoms. The number of carboxylic acid groups (broad SMARTS) is 1. The molecule has 0 fully saturated rings. The molecular weight excluding hydrogens is 618 g/mol. The molecule has 10 heteroatoms.